The fourth-order valence-corrected chi connectivity index (χ4v) is 3.45. The SMILES string of the molecule is COc1ccc(OC)c(NC(=O)C(C)NS(=O)(=O)c2ccc(Cl)cc2)c1. The molecule has 1 unspecified atom stereocenters. The first kappa shape index (κ1) is 20.0. The Morgan fingerprint density at radius 2 is 1.73 bits per heavy atom. The zero-order valence-electron chi connectivity index (χ0n) is 14.4. The lowest BCUT2D eigenvalue weighted by molar-refractivity contribution is -0.117. The van der Waals surface area contributed by atoms with Crippen LogP contribution in [0.1, 0.15) is 6.92 Å². The number of carbonyl (C=O) groups is 1. The molecule has 2 aromatic rings. The van der Waals surface area contributed by atoms with E-state index in [1.165, 1.54) is 45.4 Å². The minimum atomic E-state index is -3.87. The number of carbonyl (C=O) groups excluding carboxylic acids is 1. The topological polar surface area (TPSA) is 93.7 Å². The molecule has 0 heterocycles. The molecule has 2 N–H and O–H groups in total. The van der Waals surface area contributed by atoms with Crippen LogP contribution in [0.15, 0.2) is 47.4 Å². The number of benzene rings is 2. The molecule has 0 spiro atoms. The van der Waals surface area contributed by atoms with Crippen molar-refractivity contribution in [2.24, 2.45) is 0 Å². The van der Waals surface area contributed by atoms with Crippen LogP contribution in [-0.2, 0) is 14.8 Å². The molecule has 2 rings (SSSR count). The van der Waals surface area contributed by atoms with Gasteiger partial charge in [-0.25, -0.2) is 8.42 Å². The number of ether oxygens (including phenoxy) is 2. The van der Waals surface area contributed by atoms with Crippen molar-refractivity contribution >= 4 is 33.2 Å². The van der Waals surface area contributed by atoms with Crippen molar-refractivity contribution in [2.75, 3.05) is 19.5 Å². The Balaban J connectivity index is 2.14. The summed E-state index contributed by atoms with van der Waals surface area (Å²) in [6.45, 7) is 1.44. The van der Waals surface area contributed by atoms with Gasteiger partial charge >= 0.3 is 0 Å². The molecule has 0 aliphatic carbocycles. The van der Waals surface area contributed by atoms with Gasteiger partial charge in [-0.05, 0) is 43.3 Å². The molecule has 0 fully saturated rings. The van der Waals surface area contributed by atoms with E-state index >= 15 is 0 Å². The maximum Gasteiger partial charge on any atom is 0.242 e. The molecule has 140 valence electrons. The van der Waals surface area contributed by atoms with Crippen LogP contribution in [0.5, 0.6) is 11.5 Å². The zero-order valence-corrected chi connectivity index (χ0v) is 16.0. The van der Waals surface area contributed by atoms with Crippen LogP contribution in [-0.4, -0.2) is 34.6 Å². The molecule has 0 bridgehead atoms. The standard InChI is InChI=1S/C17H19ClN2O5S/c1-11(20-26(22,23)14-7-4-12(18)5-8-14)17(21)19-15-10-13(24-2)6-9-16(15)25-3/h4-11,20H,1-3H3,(H,19,21). The Bertz CT molecular complexity index is 885. The van der Waals surface area contributed by atoms with Crippen LogP contribution in [0.2, 0.25) is 5.02 Å². The van der Waals surface area contributed by atoms with Crippen LogP contribution < -0.4 is 19.5 Å². The second-order valence-corrected chi connectivity index (χ2v) is 7.50. The minimum absolute atomic E-state index is 0.0144. The van der Waals surface area contributed by atoms with E-state index in [1.807, 2.05) is 0 Å². The van der Waals surface area contributed by atoms with Crippen molar-refractivity contribution in [3.63, 3.8) is 0 Å². The third-order valence-corrected chi connectivity index (χ3v) is 5.32. The van der Waals surface area contributed by atoms with Crippen molar-refractivity contribution in [2.45, 2.75) is 17.9 Å². The number of sulfonamides is 1. The molecule has 26 heavy (non-hydrogen) atoms. The van der Waals surface area contributed by atoms with Crippen molar-refractivity contribution in [3.8, 4) is 11.5 Å². The fraction of sp³-hybridized carbons (Fsp3) is 0.235. The number of amides is 1. The zero-order chi connectivity index (χ0) is 19.3. The fourth-order valence-electron chi connectivity index (χ4n) is 2.12. The van der Waals surface area contributed by atoms with E-state index in [1.54, 1.807) is 18.2 Å². The summed E-state index contributed by atoms with van der Waals surface area (Å²) >= 11 is 5.76. The lowest BCUT2D eigenvalue weighted by Crippen LogP contribution is -2.41. The van der Waals surface area contributed by atoms with Gasteiger partial charge in [0.1, 0.15) is 11.5 Å². The van der Waals surface area contributed by atoms with Crippen molar-refractivity contribution in [1.82, 2.24) is 4.72 Å². The first-order valence-corrected chi connectivity index (χ1v) is 9.43. The number of halogens is 1. The molecule has 9 heteroatoms. The number of hydrogen-bond donors (Lipinski definition) is 2. The van der Waals surface area contributed by atoms with Crippen LogP contribution in [0.4, 0.5) is 5.69 Å². The number of anilines is 1. The molecule has 0 saturated carbocycles. The Hall–Kier alpha value is -2.29. The van der Waals surface area contributed by atoms with Gasteiger partial charge in [0.05, 0.1) is 30.8 Å². The summed E-state index contributed by atoms with van der Waals surface area (Å²) in [6, 6.07) is 9.52. The van der Waals surface area contributed by atoms with Gasteiger partial charge < -0.3 is 14.8 Å². The van der Waals surface area contributed by atoms with E-state index in [-0.39, 0.29) is 4.90 Å². The van der Waals surface area contributed by atoms with E-state index in [0.29, 0.717) is 22.2 Å². The van der Waals surface area contributed by atoms with Crippen LogP contribution in [0, 0.1) is 0 Å². The van der Waals surface area contributed by atoms with Gasteiger partial charge in [0, 0.05) is 11.1 Å². The predicted octanol–water partition coefficient (Wildman–Crippen LogP) is 2.66. The second-order valence-electron chi connectivity index (χ2n) is 5.35. The smallest absolute Gasteiger partial charge is 0.242 e. The largest absolute Gasteiger partial charge is 0.497 e. The van der Waals surface area contributed by atoms with E-state index in [9.17, 15) is 13.2 Å². The summed E-state index contributed by atoms with van der Waals surface area (Å²) in [5.74, 6) is 0.400. The Morgan fingerprint density at radius 3 is 2.31 bits per heavy atom. The average molecular weight is 399 g/mol. The third kappa shape index (κ3) is 4.87. The second kappa shape index (κ2) is 8.39. The molecule has 1 amide bonds. The van der Waals surface area contributed by atoms with Gasteiger partial charge in [0.2, 0.25) is 15.9 Å². The lowest BCUT2D eigenvalue weighted by atomic mass is 10.2. The average Bonchev–Trinajstić information content (AvgIpc) is 2.61. The third-order valence-electron chi connectivity index (χ3n) is 3.51. The Kier molecular flexibility index (Phi) is 6.47. The van der Waals surface area contributed by atoms with Gasteiger partial charge in [0.15, 0.2) is 0 Å². The van der Waals surface area contributed by atoms with Gasteiger partial charge in [-0.2, -0.15) is 4.72 Å². The molecule has 1 atom stereocenters. The highest BCUT2D eigenvalue weighted by molar-refractivity contribution is 7.89. The number of nitrogens with one attached hydrogen (secondary N) is 2. The molecule has 0 saturated heterocycles. The number of rotatable bonds is 7. The van der Waals surface area contributed by atoms with Gasteiger partial charge in [-0.3, -0.25) is 4.79 Å². The summed E-state index contributed by atoms with van der Waals surface area (Å²) in [6.07, 6.45) is 0. The highest BCUT2D eigenvalue weighted by Gasteiger charge is 2.23. The molecule has 0 aromatic heterocycles. The molecule has 0 aliphatic rings. The maximum absolute atomic E-state index is 12.4. The molecular weight excluding hydrogens is 380 g/mol. The molecule has 0 aliphatic heterocycles. The first-order valence-electron chi connectivity index (χ1n) is 7.57. The van der Waals surface area contributed by atoms with Gasteiger partial charge in [-0.15, -0.1) is 0 Å². The summed E-state index contributed by atoms with van der Waals surface area (Å²) in [7, 11) is -0.909. The molecule has 7 nitrogen and oxygen atoms in total. The van der Waals surface area contributed by atoms with Crippen molar-refractivity contribution in [3.05, 3.63) is 47.5 Å². The van der Waals surface area contributed by atoms with Crippen LogP contribution in [0.25, 0.3) is 0 Å². The van der Waals surface area contributed by atoms with Crippen molar-refractivity contribution < 1.29 is 22.7 Å². The quantitative estimate of drug-likeness (QED) is 0.747. The molecule has 0 radical (unpaired) electrons. The van der Waals surface area contributed by atoms with Crippen LogP contribution in [0.3, 0.4) is 0 Å². The van der Waals surface area contributed by atoms with E-state index in [2.05, 4.69) is 10.0 Å². The van der Waals surface area contributed by atoms with E-state index < -0.39 is 22.0 Å². The normalized spacial score (nSPS) is 12.3. The molecule has 2 aromatic carbocycles. The van der Waals surface area contributed by atoms with E-state index in [4.69, 9.17) is 21.1 Å². The highest BCUT2D eigenvalue weighted by atomic mass is 35.5. The lowest BCUT2D eigenvalue weighted by Gasteiger charge is -2.16. The van der Waals surface area contributed by atoms with E-state index in [0.717, 1.165) is 0 Å². The highest BCUT2D eigenvalue weighted by Crippen LogP contribution is 2.29. The van der Waals surface area contributed by atoms with Crippen LogP contribution >= 0.6 is 11.6 Å². The first-order chi connectivity index (χ1) is 12.3. The summed E-state index contributed by atoms with van der Waals surface area (Å²) in [4.78, 5) is 12.4. The van der Waals surface area contributed by atoms with Crippen molar-refractivity contribution in [1.29, 1.82) is 0 Å². The van der Waals surface area contributed by atoms with Gasteiger partial charge in [0.25, 0.3) is 0 Å². The summed E-state index contributed by atoms with van der Waals surface area (Å²) in [5.41, 5.74) is 0.370. The Labute approximate surface area is 157 Å². The Morgan fingerprint density at radius 1 is 1.08 bits per heavy atom. The molecular formula is C17H19ClN2O5S. The predicted molar refractivity (Wildman–Crippen MR) is 99.4 cm³/mol. The van der Waals surface area contributed by atoms with Gasteiger partial charge in [-0.1, -0.05) is 11.6 Å². The summed E-state index contributed by atoms with van der Waals surface area (Å²) < 4.78 is 37.3. The monoisotopic (exact) mass is 398 g/mol. The number of hydrogen-bond acceptors (Lipinski definition) is 5. The summed E-state index contributed by atoms with van der Waals surface area (Å²) in [5, 5.41) is 3.04. The minimum Gasteiger partial charge on any atom is -0.497 e. The maximum atomic E-state index is 12.4. The number of methoxy groups -OCH3 is 2.